The van der Waals surface area contributed by atoms with Gasteiger partial charge >= 0.3 is 5.97 Å². The third-order valence-electron chi connectivity index (χ3n) is 2.31. The summed E-state index contributed by atoms with van der Waals surface area (Å²) in [6, 6.07) is 2.38. The summed E-state index contributed by atoms with van der Waals surface area (Å²) in [6.07, 6.45) is 2.31. The zero-order chi connectivity index (χ0) is 14.0. The number of carboxylic acids is 1. The zero-order valence-electron chi connectivity index (χ0n) is 9.32. The van der Waals surface area contributed by atoms with E-state index in [1.165, 1.54) is 12.3 Å². The first-order chi connectivity index (χ1) is 8.99. The molecule has 1 heterocycles. The Balaban J connectivity index is 2.45. The van der Waals surface area contributed by atoms with Crippen molar-refractivity contribution < 1.29 is 23.1 Å². The monoisotopic (exact) mass is 268 g/mol. The number of halogens is 3. The van der Waals surface area contributed by atoms with E-state index >= 15 is 0 Å². The number of nitrogens with zero attached hydrogens (tertiary/aromatic N) is 1. The maximum Gasteiger partial charge on any atom is 0.339 e. The van der Waals surface area contributed by atoms with E-state index in [4.69, 9.17) is 5.11 Å². The summed E-state index contributed by atoms with van der Waals surface area (Å²) >= 11 is 0. The Morgan fingerprint density at radius 2 is 1.95 bits per heavy atom. The van der Waals surface area contributed by atoms with Crippen molar-refractivity contribution in [2.24, 2.45) is 0 Å². The van der Waals surface area contributed by atoms with E-state index in [2.05, 4.69) is 10.3 Å². The average Bonchev–Trinajstić information content (AvgIpc) is 2.35. The highest BCUT2D eigenvalue weighted by molar-refractivity contribution is 5.94. The Kier molecular flexibility index (Phi) is 3.37. The minimum absolute atomic E-state index is 0.0219. The van der Waals surface area contributed by atoms with Gasteiger partial charge in [-0.25, -0.2) is 18.0 Å². The van der Waals surface area contributed by atoms with E-state index in [1.54, 1.807) is 0 Å². The highest BCUT2D eigenvalue weighted by atomic mass is 19.2. The van der Waals surface area contributed by atoms with Crippen molar-refractivity contribution in [2.45, 2.75) is 0 Å². The second-order valence-corrected chi connectivity index (χ2v) is 3.60. The first-order valence-corrected chi connectivity index (χ1v) is 5.08. The molecule has 0 aliphatic heterocycles. The second kappa shape index (κ2) is 4.97. The lowest BCUT2D eigenvalue weighted by atomic mass is 10.2. The molecule has 4 nitrogen and oxygen atoms in total. The lowest BCUT2D eigenvalue weighted by Crippen LogP contribution is -2.05. The number of aromatic nitrogens is 1. The van der Waals surface area contributed by atoms with Crippen molar-refractivity contribution >= 4 is 17.3 Å². The largest absolute Gasteiger partial charge is 0.478 e. The van der Waals surface area contributed by atoms with E-state index in [0.29, 0.717) is 6.07 Å². The average molecular weight is 268 g/mol. The topological polar surface area (TPSA) is 62.2 Å². The fourth-order valence-corrected chi connectivity index (χ4v) is 1.47. The number of anilines is 2. The molecule has 2 N–H and O–H groups in total. The lowest BCUT2D eigenvalue weighted by molar-refractivity contribution is 0.0697. The SMILES string of the molecule is O=C(O)c1cnccc1Nc1cc(F)cc(F)c1F. The van der Waals surface area contributed by atoms with Gasteiger partial charge in [-0.15, -0.1) is 0 Å². The maximum absolute atomic E-state index is 13.4. The van der Waals surface area contributed by atoms with Crippen molar-refractivity contribution in [3.63, 3.8) is 0 Å². The van der Waals surface area contributed by atoms with Crippen LogP contribution in [0, 0.1) is 17.5 Å². The number of rotatable bonds is 3. The molecule has 1 aromatic heterocycles. The van der Waals surface area contributed by atoms with Gasteiger partial charge in [0, 0.05) is 24.5 Å². The van der Waals surface area contributed by atoms with Gasteiger partial charge in [0.1, 0.15) is 11.4 Å². The van der Waals surface area contributed by atoms with E-state index in [9.17, 15) is 18.0 Å². The summed E-state index contributed by atoms with van der Waals surface area (Å²) in [5.74, 6) is -4.94. The molecule has 2 rings (SSSR count). The Bertz CT molecular complexity index is 647. The lowest BCUT2D eigenvalue weighted by Gasteiger charge is -2.10. The van der Waals surface area contributed by atoms with Crippen molar-refractivity contribution in [1.82, 2.24) is 4.98 Å². The summed E-state index contributed by atoms with van der Waals surface area (Å²) < 4.78 is 39.4. The molecule has 0 amide bonds. The fraction of sp³-hybridized carbons (Fsp3) is 0. The Labute approximate surface area is 105 Å². The third kappa shape index (κ3) is 2.65. The summed E-state index contributed by atoms with van der Waals surface area (Å²) in [5.41, 5.74) is -0.760. The van der Waals surface area contributed by atoms with E-state index in [0.717, 1.165) is 12.3 Å². The molecule has 0 radical (unpaired) electrons. The predicted molar refractivity (Wildman–Crippen MR) is 60.8 cm³/mol. The molecule has 0 atom stereocenters. The first-order valence-electron chi connectivity index (χ1n) is 5.08. The Morgan fingerprint density at radius 1 is 1.21 bits per heavy atom. The molecule has 0 saturated heterocycles. The summed E-state index contributed by atoms with van der Waals surface area (Å²) in [6.45, 7) is 0. The second-order valence-electron chi connectivity index (χ2n) is 3.60. The number of pyridine rings is 1. The highest BCUT2D eigenvalue weighted by Gasteiger charge is 2.15. The van der Waals surface area contributed by atoms with Gasteiger partial charge in [-0.2, -0.15) is 0 Å². The Hall–Kier alpha value is -2.57. The maximum atomic E-state index is 13.4. The van der Waals surface area contributed by atoms with Gasteiger partial charge in [-0.05, 0) is 6.07 Å². The van der Waals surface area contributed by atoms with Crippen LogP contribution in [0.3, 0.4) is 0 Å². The summed E-state index contributed by atoms with van der Waals surface area (Å²) in [5, 5.41) is 11.2. The molecule has 0 fully saturated rings. The molecule has 0 spiro atoms. The van der Waals surface area contributed by atoms with Crippen LogP contribution in [0.2, 0.25) is 0 Å². The standard InChI is InChI=1S/C12H7F3N2O2/c13-6-3-8(14)11(15)10(4-6)17-9-1-2-16-5-7(9)12(18)19/h1-5H,(H,16,17)(H,18,19). The van der Waals surface area contributed by atoms with E-state index in [1.807, 2.05) is 0 Å². The number of hydrogen-bond acceptors (Lipinski definition) is 3. The molecule has 7 heteroatoms. The van der Waals surface area contributed by atoms with Gasteiger partial charge in [0.2, 0.25) is 0 Å². The number of aromatic carboxylic acids is 1. The Morgan fingerprint density at radius 3 is 2.63 bits per heavy atom. The van der Waals surface area contributed by atoms with Crippen LogP contribution in [-0.4, -0.2) is 16.1 Å². The first kappa shape index (κ1) is 12.9. The minimum Gasteiger partial charge on any atom is -0.478 e. The molecule has 0 bridgehead atoms. The summed E-state index contributed by atoms with van der Waals surface area (Å²) in [7, 11) is 0. The van der Waals surface area contributed by atoms with Gasteiger partial charge in [-0.1, -0.05) is 0 Å². The number of carboxylic acid groups (broad SMARTS) is 1. The quantitative estimate of drug-likeness (QED) is 0.840. The molecular weight excluding hydrogens is 261 g/mol. The van der Waals surface area contributed by atoms with Crippen molar-refractivity contribution in [3.8, 4) is 0 Å². The molecule has 19 heavy (non-hydrogen) atoms. The third-order valence-corrected chi connectivity index (χ3v) is 2.31. The van der Waals surface area contributed by atoms with Crippen LogP contribution in [0.5, 0.6) is 0 Å². The minimum atomic E-state index is -1.37. The normalized spacial score (nSPS) is 10.3. The number of nitrogens with one attached hydrogen (secondary N) is 1. The highest BCUT2D eigenvalue weighted by Crippen LogP contribution is 2.25. The fourth-order valence-electron chi connectivity index (χ4n) is 1.47. The molecule has 0 aliphatic carbocycles. The molecule has 2 aromatic rings. The van der Waals surface area contributed by atoms with Crippen LogP contribution in [-0.2, 0) is 0 Å². The van der Waals surface area contributed by atoms with E-state index < -0.39 is 29.1 Å². The van der Waals surface area contributed by atoms with Gasteiger partial charge in [0.25, 0.3) is 0 Å². The van der Waals surface area contributed by atoms with Crippen LogP contribution in [0.4, 0.5) is 24.5 Å². The predicted octanol–water partition coefficient (Wildman–Crippen LogP) is 2.94. The molecule has 0 unspecified atom stereocenters. The van der Waals surface area contributed by atoms with Crippen molar-refractivity contribution in [1.29, 1.82) is 0 Å². The van der Waals surface area contributed by atoms with Crippen LogP contribution in [0.1, 0.15) is 10.4 Å². The van der Waals surface area contributed by atoms with Crippen LogP contribution >= 0.6 is 0 Å². The number of benzene rings is 1. The molecular formula is C12H7F3N2O2. The van der Waals surface area contributed by atoms with E-state index in [-0.39, 0.29) is 11.3 Å². The number of carbonyl (C=O) groups is 1. The molecule has 1 aromatic carbocycles. The van der Waals surface area contributed by atoms with Crippen molar-refractivity contribution in [2.75, 3.05) is 5.32 Å². The van der Waals surface area contributed by atoms with Gasteiger partial charge in [-0.3, -0.25) is 4.98 Å². The van der Waals surface area contributed by atoms with Gasteiger partial charge in [0.05, 0.1) is 11.4 Å². The number of hydrogen-bond donors (Lipinski definition) is 2. The molecule has 0 saturated carbocycles. The summed E-state index contributed by atoms with van der Waals surface area (Å²) in [4.78, 5) is 14.5. The van der Waals surface area contributed by atoms with Crippen LogP contribution in [0.25, 0.3) is 0 Å². The van der Waals surface area contributed by atoms with Gasteiger partial charge < -0.3 is 10.4 Å². The smallest absolute Gasteiger partial charge is 0.339 e. The molecule has 98 valence electrons. The zero-order valence-corrected chi connectivity index (χ0v) is 9.32. The van der Waals surface area contributed by atoms with Gasteiger partial charge in [0.15, 0.2) is 11.6 Å². The van der Waals surface area contributed by atoms with Crippen molar-refractivity contribution in [3.05, 3.63) is 53.6 Å². The van der Waals surface area contributed by atoms with Crippen LogP contribution < -0.4 is 5.32 Å². The van der Waals surface area contributed by atoms with Crippen LogP contribution in [0.15, 0.2) is 30.6 Å². The molecule has 0 aliphatic rings.